The van der Waals surface area contributed by atoms with Gasteiger partial charge in [-0.05, 0) is 50.8 Å². The summed E-state index contributed by atoms with van der Waals surface area (Å²) >= 11 is 0. The van der Waals surface area contributed by atoms with Crippen LogP contribution in [0.25, 0.3) is 0 Å². The molecule has 1 aromatic rings. The van der Waals surface area contributed by atoms with Crippen molar-refractivity contribution in [1.29, 1.82) is 0 Å². The number of likely N-dealkylation sites (tertiary alicyclic amines) is 1. The smallest absolute Gasteiger partial charge is 0.324 e. The molecule has 0 radical (unpaired) electrons. The van der Waals surface area contributed by atoms with E-state index in [1.165, 1.54) is 0 Å². The number of rotatable bonds is 3. The molecule has 0 saturated carbocycles. The first-order valence-electron chi connectivity index (χ1n) is 9.65. The van der Waals surface area contributed by atoms with E-state index in [0.29, 0.717) is 26.2 Å². The van der Waals surface area contributed by atoms with Crippen LogP contribution in [-0.4, -0.2) is 49.1 Å². The Hall–Kier alpha value is -2.24. The van der Waals surface area contributed by atoms with Gasteiger partial charge in [0.25, 0.3) is 0 Å². The van der Waals surface area contributed by atoms with Crippen molar-refractivity contribution in [3.63, 3.8) is 0 Å². The molecule has 3 amide bonds. The summed E-state index contributed by atoms with van der Waals surface area (Å²) in [6.45, 7) is 8.49. The Labute approximate surface area is 155 Å². The van der Waals surface area contributed by atoms with E-state index >= 15 is 0 Å². The van der Waals surface area contributed by atoms with Gasteiger partial charge in [-0.15, -0.1) is 0 Å². The Balaban J connectivity index is 1.72. The maximum atomic E-state index is 13.2. The molecule has 1 fully saturated rings. The second-order valence-electron chi connectivity index (χ2n) is 7.17. The second-order valence-corrected chi connectivity index (χ2v) is 7.17. The number of nitrogens with one attached hydrogen (secondary N) is 1. The maximum Gasteiger partial charge on any atom is 0.324 e. The van der Waals surface area contributed by atoms with Gasteiger partial charge in [0, 0.05) is 25.6 Å². The van der Waals surface area contributed by atoms with Crippen molar-refractivity contribution in [1.82, 2.24) is 10.2 Å². The first-order valence-corrected chi connectivity index (χ1v) is 9.65. The summed E-state index contributed by atoms with van der Waals surface area (Å²) in [5, 5.41) is 2.89. The zero-order chi connectivity index (χ0) is 18.7. The number of urea groups is 1. The number of anilines is 1. The third-order valence-electron chi connectivity index (χ3n) is 5.26. The molecule has 6 heteroatoms. The summed E-state index contributed by atoms with van der Waals surface area (Å²) in [4.78, 5) is 28.9. The van der Waals surface area contributed by atoms with Crippen molar-refractivity contribution in [2.75, 3.05) is 31.1 Å². The fourth-order valence-electron chi connectivity index (χ4n) is 3.67. The van der Waals surface area contributed by atoms with Crippen molar-refractivity contribution < 1.29 is 14.3 Å². The van der Waals surface area contributed by atoms with Crippen molar-refractivity contribution in [3.05, 3.63) is 23.8 Å². The van der Waals surface area contributed by atoms with E-state index in [0.717, 1.165) is 36.3 Å². The molecule has 1 atom stereocenters. The van der Waals surface area contributed by atoms with Crippen LogP contribution in [-0.2, 0) is 4.79 Å². The molecule has 1 N–H and O–H groups in total. The number of carbonyl (C=O) groups excluding carboxylic acids is 2. The second kappa shape index (κ2) is 7.98. The average molecular weight is 359 g/mol. The van der Waals surface area contributed by atoms with Crippen LogP contribution in [0.4, 0.5) is 10.5 Å². The molecule has 0 unspecified atom stereocenters. The van der Waals surface area contributed by atoms with E-state index in [9.17, 15) is 9.59 Å². The van der Waals surface area contributed by atoms with Crippen LogP contribution >= 0.6 is 0 Å². The molecule has 2 aliphatic heterocycles. The third-order valence-corrected chi connectivity index (χ3v) is 5.26. The molecule has 2 aliphatic rings. The normalized spacial score (nSPS) is 20.3. The lowest BCUT2D eigenvalue weighted by Crippen LogP contribution is -2.52. The fourth-order valence-corrected chi connectivity index (χ4v) is 3.67. The lowest BCUT2D eigenvalue weighted by Gasteiger charge is -2.39. The fraction of sp³-hybridized carbons (Fsp3) is 0.600. The Morgan fingerprint density at radius 3 is 2.62 bits per heavy atom. The quantitative estimate of drug-likeness (QED) is 0.903. The Morgan fingerprint density at radius 1 is 1.23 bits per heavy atom. The highest BCUT2D eigenvalue weighted by Gasteiger charge is 2.34. The minimum atomic E-state index is 0.0154. The highest BCUT2D eigenvalue weighted by molar-refractivity contribution is 5.94. The van der Waals surface area contributed by atoms with E-state index in [1.807, 2.05) is 41.8 Å². The van der Waals surface area contributed by atoms with Crippen molar-refractivity contribution >= 4 is 17.6 Å². The number of ether oxygens (including phenoxy) is 1. The maximum absolute atomic E-state index is 13.2. The van der Waals surface area contributed by atoms with Gasteiger partial charge in [0.2, 0.25) is 5.91 Å². The Morgan fingerprint density at radius 2 is 1.96 bits per heavy atom. The lowest BCUT2D eigenvalue weighted by molar-refractivity contribution is -0.126. The molecular formula is C20H29N3O3. The molecule has 142 valence electrons. The SMILES string of the molecule is CCNC(=O)C1CCN(C(=O)N2C[C@@H](CC)Oc3ccc(C)cc32)CC1. The number of hydrogen-bond acceptors (Lipinski definition) is 3. The number of hydrogen-bond donors (Lipinski definition) is 1. The van der Waals surface area contributed by atoms with Gasteiger partial charge in [0.1, 0.15) is 11.9 Å². The van der Waals surface area contributed by atoms with Gasteiger partial charge in [-0.1, -0.05) is 13.0 Å². The highest BCUT2D eigenvalue weighted by atomic mass is 16.5. The van der Waals surface area contributed by atoms with Gasteiger partial charge in [0.05, 0.1) is 12.2 Å². The first kappa shape index (κ1) is 18.5. The Kier molecular flexibility index (Phi) is 5.69. The minimum Gasteiger partial charge on any atom is -0.486 e. The van der Waals surface area contributed by atoms with Crippen LogP contribution in [0.5, 0.6) is 5.75 Å². The number of carbonyl (C=O) groups is 2. The number of piperidine rings is 1. The number of benzene rings is 1. The van der Waals surface area contributed by atoms with Crippen LogP contribution in [0.3, 0.4) is 0 Å². The largest absolute Gasteiger partial charge is 0.486 e. The molecule has 6 nitrogen and oxygen atoms in total. The van der Waals surface area contributed by atoms with Crippen LogP contribution in [0, 0.1) is 12.8 Å². The topological polar surface area (TPSA) is 61.9 Å². The van der Waals surface area contributed by atoms with Crippen LogP contribution in [0.2, 0.25) is 0 Å². The molecule has 0 aromatic heterocycles. The molecule has 26 heavy (non-hydrogen) atoms. The molecule has 1 saturated heterocycles. The standard InChI is InChI=1S/C20H29N3O3/c1-4-16-13-23(17-12-14(3)6-7-18(17)26-16)20(25)22-10-8-15(9-11-22)19(24)21-5-2/h6-7,12,15-16H,4-5,8-11,13H2,1-3H3,(H,21,24)/t16-/m1/s1. The van der Waals surface area contributed by atoms with E-state index in [-0.39, 0.29) is 24.0 Å². The van der Waals surface area contributed by atoms with Crippen LogP contribution in [0.1, 0.15) is 38.7 Å². The lowest BCUT2D eigenvalue weighted by atomic mass is 9.96. The molecule has 0 spiro atoms. The van der Waals surface area contributed by atoms with E-state index in [4.69, 9.17) is 4.74 Å². The average Bonchev–Trinajstić information content (AvgIpc) is 2.67. The van der Waals surface area contributed by atoms with Gasteiger partial charge in [-0.3, -0.25) is 9.69 Å². The van der Waals surface area contributed by atoms with Gasteiger partial charge < -0.3 is 15.0 Å². The van der Waals surface area contributed by atoms with Gasteiger partial charge in [0.15, 0.2) is 0 Å². The van der Waals surface area contributed by atoms with E-state index < -0.39 is 0 Å². The van der Waals surface area contributed by atoms with Crippen LogP contribution in [0.15, 0.2) is 18.2 Å². The van der Waals surface area contributed by atoms with E-state index in [1.54, 1.807) is 0 Å². The summed E-state index contributed by atoms with van der Waals surface area (Å²) in [7, 11) is 0. The highest BCUT2D eigenvalue weighted by Crippen LogP contribution is 2.36. The summed E-state index contributed by atoms with van der Waals surface area (Å²) in [5.74, 6) is 0.902. The summed E-state index contributed by atoms with van der Waals surface area (Å²) in [6, 6.07) is 6.00. The van der Waals surface area contributed by atoms with Crippen molar-refractivity contribution in [2.45, 2.75) is 46.1 Å². The van der Waals surface area contributed by atoms with Crippen molar-refractivity contribution in [3.8, 4) is 5.75 Å². The predicted molar refractivity (Wildman–Crippen MR) is 102 cm³/mol. The zero-order valence-corrected chi connectivity index (χ0v) is 16.0. The molecular weight excluding hydrogens is 330 g/mol. The number of aryl methyl sites for hydroxylation is 1. The molecule has 0 bridgehead atoms. The number of amides is 3. The molecule has 3 rings (SSSR count). The van der Waals surface area contributed by atoms with E-state index in [2.05, 4.69) is 12.2 Å². The zero-order valence-electron chi connectivity index (χ0n) is 16.0. The molecule has 1 aromatic carbocycles. The van der Waals surface area contributed by atoms with Gasteiger partial charge >= 0.3 is 6.03 Å². The minimum absolute atomic E-state index is 0.0154. The summed E-state index contributed by atoms with van der Waals surface area (Å²) in [5.41, 5.74) is 1.96. The predicted octanol–water partition coefficient (Wildman–Crippen LogP) is 2.94. The van der Waals surface area contributed by atoms with Gasteiger partial charge in [-0.2, -0.15) is 0 Å². The molecule has 2 heterocycles. The van der Waals surface area contributed by atoms with Crippen LogP contribution < -0.4 is 15.0 Å². The Bertz CT molecular complexity index is 668. The van der Waals surface area contributed by atoms with Gasteiger partial charge in [-0.25, -0.2) is 4.79 Å². The summed E-state index contributed by atoms with van der Waals surface area (Å²) < 4.78 is 6.01. The first-order chi connectivity index (χ1) is 12.5. The van der Waals surface area contributed by atoms with Crippen molar-refractivity contribution in [2.24, 2.45) is 5.92 Å². The third kappa shape index (κ3) is 3.79. The monoisotopic (exact) mass is 359 g/mol. The molecule has 0 aliphatic carbocycles. The number of nitrogens with zero attached hydrogens (tertiary/aromatic N) is 2. The summed E-state index contributed by atoms with van der Waals surface area (Å²) in [6.07, 6.45) is 2.32. The number of fused-ring (bicyclic) bond motifs is 1.